The Morgan fingerprint density at radius 3 is 2.61 bits per heavy atom. The van der Waals surface area contributed by atoms with Crippen LogP contribution in [0.2, 0.25) is 0 Å². The molecule has 0 saturated heterocycles. The minimum Gasteiger partial charge on any atom is -0.480 e. The second kappa shape index (κ2) is 7.86. The number of aliphatic carboxylic acids is 1. The number of carbonyl (C=O) groups is 1. The summed E-state index contributed by atoms with van der Waals surface area (Å²) in [5.41, 5.74) is -0.804. The van der Waals surface area contributed by atoms with Gasteiger partial charge in [-0.05, 0) is 50.7 Å². The minimum absolute atomic E-state index is 0.276. The van der Waals surface area contributed by atoms with Gasteiger partial charge in [0.15, 0.2) is 5.41 Å². The molecule has 2 N–H and O–H groups in total. The number of hydrogen-bond donors (Lipinski definition) is 2. The van der Waals surface area contributed by atoms with Crippen LogP contribution < -0.4 is 5.32 Å². The van der Waals surface area contributed by atoms with Crippen molar-refractivity contribution in [1.29, 1.82) is 0 Å². The van der Waals surface area contributed by atoms with Gasteiger partial charge < -0.3 is 10.4 Å². The number of hydrogen-bond acceptors (Lipinski definition) is 3. The summed E-state index contributed by atoms with van der Waals surface area (Å²) in [5, 5.41) is 13.0. The first kappa shape index (κ1) is 17.9. The molecule has 1 saturated carbocycles. The van der Waals surface area contributed by atoms with E-state index in [9.17, 15) is 9.90 Å². The minimum atomic E-state index is -1.28. The lowest BCUT2D eigenvalue weighted by molar-refractivity contribution is -0.140. The summed E-state index contributed by atoms with van der Waals surface area (Å²) in [6.45, 7) is 3.86. The summed E-state index contributed by atoms with van der Waals surface area (Å²) in [7, 11) is 0. The number of pyridine rings is 1. The summed E-state index contributed by atoms with van der Waals surface area (Å²) in [4.78, 5) is 16.5. The average Bonchev–Trinajstić information content (AvgIpc) is 2.56. The van der Waals surface area contributed by atoms with Gasteiger partial charge in [-0.3, -0.25) is 9.78 Å². The molecule has 0 bridgehead atoms. The third-order valence-electron chi connectivity index (χ3n) is 4.94. The summed E-state index contributed by atoms with van der Waals surface area (Å²) >= 11 is 5.48. The van der Waals surface area contributed by atoms with E-state index in [0.717, 1.165) is 18.8 Å². The molecule has 0 spiro atoms. The van der Waals surface area contributed by atoms with E-state index in [1.807, 2.05) is 0 Å². The predicted octanol–water partition coefficient (Wildman–Crippen LogP) is 3.70. The Morgan fingerprint density at radius 1 is 1.39 bits per heavy atom. The first-order valence-electron chi connectivity index (χ1n) is 8.44. The Hall–Kier alpha value is -1.49. The van der Waals surface area contributed by atoms with Crippen LogP contribution in [0.25, 0.3) is 0 Å². The van der Waals surface area contributed by atoms with Crippen molar-refractivity contribution in [3.05, 3.63) is 30.1 Å². The zero-order chi connectivity index (χ0) is 16.9. The van der Waals surface area contributed by atoms with Gasteiger partial charge in [0.25, 0.3) is 0 Å². The number of nitrogens with zero attached hydrogens (tertiary/aromatic N) is 1. The normalized spacial score (nSPS) is 23.7. The topological polar surface area (TPSA) is 62.2 Å². The van der Waals surface area contributed by atoms with Crippen LogP contribution in [0.15, 0.2) is 24.4 Å². The van der Waals surface area contributed by atoms with Crippen LogP contribution in [0.4, 0.5) is 0 Å². The third-order valence-corrected chi connectivity index (χ3v) is 5.46. The standard InChI is InChI=1S/C18H26N2O2S/c1-3-6-13-8-10-14(11-9-13)20-16(23)18(2,17(21)22)15-7-4-5-12-19-15/h4-5,7,12-14H,3,6,8-11H2,1-2H3,(H,20,23)(H,21,22). The van der Waals surface area contributed by atoms with Gasteiger partial charge in [0.1, 0.15) is 0 Å². The lowest BCUT2D eigenvalue weighted by Gasteiger charge is -2.33. The van der Waals surface area contributed by atoms with E-state index >= 15 is 0 Å². The second-order valence-electron chi connectivity index (χ2n) is 6.62. The number of rotatable bonds is 6. The third kappa shape index (κ3) is 4.08. The largest absolute Gasteiger partial charge is 0.480 e. The van der Waals surface area contributed by atoms with Crippen LogP contribution in [0.3, 0.4) is 0 Å². The maximum absolute atomic E-state index is 11.9. The highest BCUT2D eigenvalue weighted by Gasteiger charge is 2.42. The van der Waals surface area contributed by atoms with Crippen LogP contribution >= 0.6 is 12.2 Å². The molecular weight excluding hydrogens is 308 g/mol. The Labute approximate surface area is 143 Å². The Bertz CT molecular complexity index is 541. The molecule has 1 aliphatic rings. The summed E-state index contributed by atoms with van der Waals surface area (Å²) in [5.74, 6) is -0.151. The highest BCUT2D eigenvalue weighted by atomic mass is 32.1. The monoisotopic (exact) mass is 334 g/mol. The lowest BCUT2D eigenvalue weighted by Crippen LogP contribution is -2.51. The van der Waals surface area contributed by atoms with Crippen molar-refractivity contribution in [3.63, 3.8) is 0 Å². The Balaban J connectivity index is 2.04. The smallest absolute Gasteiger partial charge is 0.322 e. The molecule has 1 aromatic rings. The van der Waals surface area contributed by atoms with Crippen molar-refractivity contribution in [2.75, 3.05) is 0 Å². The molecule has 4 nitrogen and oxygen atoms in total. The maximum Gasteiger partial charge on any atom is 0.322 e. The van der Waals surface area contributed by atoms with Crippen molar-refractivity contribution in [2.24, 2.45) is 5.92 Å². The van der Waals surface area contributed by atoms with Gasteiger partial charge in [0, 0.05) is 12.2 Å². The van der Waals surface area contributed by atoms with E-state index < -0.39 is 11.4 Å². The van der Waals surface area contributed by atoms with E-state index in [4.69, 9.17) is 12.2 Å². The fourth-order valence-corrected chi connectivity index (χ4v) is 3.67. The number of thiocarbonyl (C=S) groups is 1. The van der Waals surface area contributed by atoms with Crippen molar-refractivity contribution < 1.29 is 9.90 Å². The lowest BCUT2D eigenvalue weighted by atomic mass is 9.82. The molecule has 0 aliphatic heterocycles. The first-order chi connectivity index (χ1) is 11.0. The molecule has 1 aromatic heterocycles. The molecule has 2 rings (SSSR count). The molecule has 5 heteroatoms. The molecule has 1 unspecified atom stereocenters. The van der Waals surface area contributed by atoms with Crippen LogP contribution in [0, 0.1) is 5.92 Å². The van der Waals surface area contributed by atoms with Crippen molar-refractivity contribution in [3.8, 4) is 0 Å². The van der Waals surface area contributed by atoms with Crippen molar-refractivity contribution in [1.82, 2.24) is 10.3 Å². The summed E-state index contributed by atoms with van der Waals surface area (Å²) in [6, 6.07) is 5.57. The predicted molar refractivity (Wildman–Crippen MR) is 95.6 cm³/mol. The molecule has 126 valence electrons. The molecule has 0 aromatic carbocycles. The van der Waals surface area contributed by atoms with Gasteiger partial charge in [-0.2, -0.15) is 0 Å². The molecular formula is C18H26N2O2S. The van der Waals surface area contributed by atoms with Gasteiger partial charge >= 0.3 is 5.97 Å². The molecule has 23 heavy (non-hydrogen) atoms. The van der Waals surface area contributed by atoms with Crippen LogP contribution in [0.1, 0.15) is 58.1 Å². The van der Waals surface area contributed by atoms with Crippen molar-refractivity contribution >= 4 is 23.2 Å². The van der Waals surface area contributed by atoms with Gasteiger partial charge in [-0.15, -0.1) is 0 Å². The SMILES string of the molecule is CCCC1CCC(NC(=S)C(C)(C(=O)O)c2ccccn2)CC1. The number of carboxylic acid groups (broad SMARTS) is 1. The van der Waals surface area contributed by atoms with Crippen LogP contribution in [-0.2, 0) is 10.2 Å². The maximum atomic E-state index is 11.9. The fourth-order valence-electron chi connectivity index (χ4n) is 3.31. The molecule has 1 aliphatic carbocycles. The van der Waals surface area contributed by atoms with Crippen molar-refractivity contribution in [2.45, 2.75) is 63.8 Å². The Morgan fingerprint density at radius 2 is 2.09 bits per heavy atom. The summed E-state index contributed by atoms with van der Waals surface area (Å²) in [6.07, 6.45) is 8.64. The number of aromatic nitrogens is 1. The highest BCUT2D eigenvalue weighted by Crippen LogP contribution is 2.29. The molecule has 1 heterocycles. The van der Waals surface area contributed by atoms with E-state index in [1.165, 1.54) is 25.7 Å². The van der Waals surface area contributed by atoms with Gasteiger partial charge in [-0.1, -0.05) is 38.0 Å². The van der Waals surface area contributed by atoms with E-state index in [1.54, 1.807) is 31.3 Å². The Kier molecular flexibility index (Phi) is 6.10. The van der Waals surface area contributed by atoms with Crippen LogP contribution in [0.5, 0.6) is 0 Å². The second-order valence-corrected chi connectivity index (χ2v) is 7.03. The molecule has 1 atom stereocenters. The zero-order valence-electron chi connectivity index (χ0n) is 13.9. The summed E-state index contributed by atoms with van der Waals surface area (Å²) < 4.78 is 0. The zero-order valence-corrected chi connectivity index (χ0v) is 14.7. The average molecular weight is 334 g/mol. The number of nitrogens with one attached hydrogen (secondary N) is 1. The van der Waals surface area contributed by atoms with Crippen LogP contribution in [-0.4, -0.2) is 27.1 Å². The molecule has 0 radical (unpaired) electrons. The highest BCUT2D eigenvalue weighted by molar-refractivity contribution is 7.80. The van der Waals surface area contributed by atoms with E-state index in [2.05, 4.69) is 17.2 Å². The van der Waals surface area contributed by atoms with Gasteiger partial charge in [0.05, 0.1) is 10.7 Å². The number of carboxylic acids is 1. The van der Waals surface area contributed by atoms with E-state index in [-0.39, 0.29) is 6.04 Å². The molecule has 1 fully saturated rings. The quantitative estimate of drug-likeness (QED) is 0.777. The van der Waals surface area contributed by atoms with Gasteiger partial charge in [0.2, 0.25) is 0 Å². The first-order valence-corrected chi connectivity index (χ1v) is 8.85. The van der Waals surface area contributed by atoms with Gasteiger partial charge in [-0.25, -0.2) is 0 Å². The van der Waals surface area contributed by atoms with E-state index in [0.29, 0.717) is 10.7 Å². The molecule has 0 amide bonds. The fraction of sp³-hybridized carbons (Fsp3) is 0.611.